The van der Waals surface area contributed by atoms with E-state index in [-0.39, 0.29) is 0 Å². The Labute approximate surface area is 72.9 Å². The van der Waals surface area contributed by atoms with Crippen molar-refractivity contribution in [2.75, 3.05) is 0 Å². The number of aromatic nitrogens is 1. The minimum atomic E-state index is 0.387. The molecule has 0 bridgehead atoms. The Bertz CT molecular complexity index is 321. The lowest BCUT2D eigenvalue weighted by Gasteiger charge is -2.04. The van der Waals surface area contributed by atoms with Crippen molar-refractivity contribution >= 4 is 0 Å². The van der Waals surface area contributed by atoms with Gasteiger partial charge in [-0.2, -0.15) is 5.26 Å². The van der Waals surface area contributed by atoms with Crippen LogP contribution in [0.4, 0.5) is 0 Å². The number of nitriles is 1. The van der Waals surface area contributed by atoms with Gasteiger partial charge in [0.1, 0.15) is 11.8 Å². The SMILES string of the molecule is Cc1ccc(C(C)C)nc1C#N. The third kappa shape index (κ3) is 1.62. The molecule has 0 unspecified atom stereocenters. The molecule has 0 amide bonds. The van der Waals surface area contributed by atoms with Crippen molar-refractivity contribution in [2.45, 2.75) is 26.7 Å². The van der Waals surface area contributed by atoms with E-state index in [2.05, 4.69) is 24.9 Å². The molecule has 2 nitrogen and oxygen atoms in total. The van der Waals surface area contributed by atoms with E-state index in [0.717, 1.165) is 11.3 Å². The smallest absolute Gasteiger partial charge is 0.143 e. The van der Waals surface area contributed by atoms with Gasteiger partial charge in [0.2, 0.25) is 0 Å². The van der Waals surface area contributed by atoms with Gasteiger partial charge in [0.25, 0.3) is 0 Å². The molecule has 2 heteroatoms. The van der Waals surface area contributed by atoms with Crippen molar-refractivity contribution in [3.05, 3.63) is 29.1 Å². The second kappa shape index (κ2) is 3.36. The second-order valence-electron chi connectivity index (χ2n) is 3.17. The monoisotopic (exact) mass is 160 g/mol. The van der Waals surface area contributed by atoms with Gasteiger partial charge >= 0.3 is 0 Å². The van der Waals surface area contributed by atoms with Gasteiger partial charge in [-0.15, -0.1) is 0 Å². The first-order valence-corrected chi connectivity index (χ1v) is 4.02. The summed E-state index contributed by atoms with van der Waals surface area (Å²) in [6.45, 7) is 6.04. The first kappa shape index (κ1) is 8.73. The molecule has 1 aromatic heterocycles. The van der Waals surface area contributed by atoms with E-state index in [4.69, 9.17) is 5.26 Å². The van der Waals surface area contributed by atoms with Gasteiger partial charge in [0, 0.05) is 5.69 Å². The molecule has 12 heavy (non-hydrogen) atoms. The lowest BCUT2D eigenvalue weighted by Crippen LogP contribution is -1.96. The van der Waals surface area contributed by atoms with Gasteiger partial charge in [-0.25, -0.2) is 4.98 Å². The Balaban J connectivity index is 3.16. The molecule has 0 saturated carbocycles. The highest BCUT2D eigenvalue weighted by Crippen LogP contribution is 2.13. The van der Waals surface area contributed by atoms with E-state index >= 15 is 0 Å². The van der Waals surface area contributed by atoms with Gasteiger partial charge in [0.15, 0.2) is 0 Å². The summed E-state index contributed by atoms with van der Waals surface area (Å²) < 4.78 is 0. The second-order valence-corrected chi connectivity index (χ2v) is 3.17. The summed E-state index contributed by atoms with van der Waals surface area (Å²) in [6, 6.07) is 6.00. The molecule has 0 spiro atoms. The van der Waals surface area contributed by atoms with Gasteiger partial charge in [-0.1, -0.05) is 19.9 Å². The van der Waals surface area contributed by atoms with Crippen LogP contribution in [0.5, 0.6) is 0 Å². The predicted octanol–water partition coefficient (Wildman–Crippen LogP) is 2.39. The van der Waals surface area contributed by atoms with E-state index in [1.165, 1.54) is 0 Å². The molecule has 0 aromatic carbocycles. The molecule has 0 saturated heterocycles. The molecule has 0 radical (unpaired) electrons. The summed E-state index contributed by atoms with van der Waals surface area (Å²) >= 11 is 0. The molecule has 1 aromatic rings. The molecule has 0 aliphatic heterocycles. The summed E-state index contributed by atoms with van der Waals surface area (Å²) in [5, 5.41) is 8.71. The molecule has 1 heterocycles. The third-order valence-electron chi connectivity index (χ3n) is 1.82. The minimum absolute atomic E-state index is 0.387. The standard InChI is InChI=1S/C10H12N2/c1-7(2)9-5-4-8(3)10(6-11)12-9/h4-5,7H,1-3H3. The molecule has 0 N–H and O–H groups in total. The lowest BCUT2D eigenvalue weighted by molar-refractivity contribution is 0.818. The van der Waals surface area contributed by atoms with Crippen LogP contribution in [0.25, 0.3) is 0 Å². The number of rotatable bonds is 1. The first-order valence-electron chi connectivity index (χ1n) is 4.02. The van der Waals surface area contributed by atoms with Crippen LogP contribution in [-0.4, -0.2) is 4.98 Å². The Morgan fingerprint density at radius 1 is 1.42 bits per heavy atom. The van der Waals surface area contributed by atoms with Crippen molar-refractivity contribution in [3.8, 4) is 6.07 Å². The predicted molar refractivity (Wildman–Crippen MR) is 47.8 cm³/mol. The van der Waals surface area contributed by atoms with Crippen molar-refractivity contribution < 1.29 is 0 Å². The number of pyridine rings is 1. The van der Waals surface area contributed by atoms with Crippen LogP contribution in [-0.2, 0) is 0 Å². The van der Waals surface area contributed by atoms with E-state index < -0.39 is 0 Å². The summed E-state index contributed by atoms with van der Waals surface area (Å²) in [4.78, 5) is 4.23. The maximum absolute atomic E-state index is 8.71. The van der Waals surface area contributed by atoms with Crippen LogP contribution in [0.15, 0.2) is 12.1 Å². The quantitative estimate of drug-likeness (QED) is 0.632. The van der Waals surface area contributed by atoms with Gasteiger partial charge in [-0.3, -0.25) is 0 Å². The normalized spacial score (nSPS) is 9.92. The van der Waals surface area contributed by atoms with Crippen molar-refractivity contribution in [1.82, 2.24) is 4.98 Å². The minimum Gasteiger partial charge on any atom is -0.242 e. The van der Waals surface area contributed by atoms with Crippen molar-refractivity contribution in [1.29, 1.82) is 5.26 Å². The Hall–Kier alpha value is -1.36. The van der Waals surface area contributed by atoms with E-state index in [9.17, 15) is 0 Å². The van der Waals surface area contributed by atoms with Crippen LogP contribution >= 0.6 is 0 Å². The molecule has 1 rings (SSSR count). The highest BCUT2D eigenvalue weighted by Gasteiger charge is 2.03. The average Bonchev–Trinajstić information content (AvgIpc) is 2.05. The molecule has 0 aliphatic carbocycles. The maximum atomic E-state index is 8.71. The van der Waals surface area contributed by atoms with Gasteiger partial charge in [0.05, 0.1) is 0 Å². The summed E-state index contributed by atoms with van der Waals surface area (Å²) in [5.74, 6) is 0.387. The summed E-state index contributed by atoms with van der Waals surface area (Å²) in [6.07, 6.45) is 0. The highest BCUT2D eigenvalue weighted by atomic mass is 14.7. The fraction of sp³-hybridized carbons (Fsp3) is 0.400. The summed E-state index contributed by atoms with van der Waals surface area (Å²) in [7, 11) is 0. The van der Waals surface area contributed by atoms with E-state index in [0.29, 0.717) is 11.6 Å². The zero-order chi connectivity index (χ0) is 9.14. The third-order valence-corrected chi connectivity index (χ3v) is 1.82. The van der Waals surface area contributed by atoms with Crippen LogP contribution in [0.2, 0.25) is 0 Å². The molecule has 0 fully saturated rings. The average molecular weight is 160 g/mol. The Morgan fingerprint density at radius 3 is 2.58 bits per heavy atom. The molecule has 0 atom stereocenters. The van der Waals surface area contributed by atoms with Crippen LogP contribution in [0.3, 0.4) is 0 Å². The topological polar surface area (TPSA) is 36.7 Å². The van der Waals surface area contributed by atoms with Crippen molar-refractivity contribution in [2.24, 2.45) is 0 Å². The fourth-order valence-electron chi connectivity index (χ4n) is 0.979. The Kier molecular flexibility index (Phi) is 2.44. The number of nitrogens with zero attached hydrogens (tertiary/aromatic N) is 2. The zero-order valence-corrected chi connectivity index (χ0v) is 7.63. The van der Waals surface area contributed by atoms with Crippen molar-refractivity contribution in [3.63, 3.8) is 0 Å². The summed E-state index contributed by atoms with van der Waals surface area (Å²) in [5.41, 5.74) is 2.47. The molecule has 62 valence electrons. The molecular weight excluding hydrogens is 148 g/mol. The first-order chi connectivity index (χ1) is 5.65. The highest BCUT2D eigenvalue weighted by molar-refractivity contribution is 5.31. The molecular formula is C10H12N2. The van der Waals surface area contributed by atoms with E-state index in [1.807, 2.05) is 19.1 Å². The van der Waals surface area contributed by atoms with Crippen LogP contribution in [0, 0.1) is 18.3 Å². The largest absolute Gasteiger partial charge is 0.242 e. The lowest BCUT2D eigenvalue weighted by atomic mass is 10.1. The number of aryl methyl sites for hydroxylation is 1. The molecule has 0 aliphatic rings. The van der Waals surface area contributed by atoms with Crippen LogP contribution in [0.1, 0.15) is 36.7 Å². The maximum Gasteiger partial charge on any atom is 0.143 e. The van der Waals surface area contributed by atoms with Gasteiger partial charge < -0.3 is 0 Å². The number of hydrogen-bond donors (Lipinski definition) is 0. The van der Waals surface area contributed by atoms with Crippen LogP contribution < -0.4 is 0 Å². The van der Waals surface area contributed by atoms with Gasteiger partial charge in [-0.05, 0) is 24.5 Å². The number of hydrogen-bond acceptors (Lipinski definition) is 2. The van der Waals surface area contributed by atoms with E-state index in [1.54, 1.807) is 0 Å². The fourth-order valence-corrected chi connectivity index (χ4v) is 0.979. The Morgan fingerprint density at radius 2 is 2.08 bits per heavy atom. The zero-order valence-electron chi connectivity index (χ0n) is 7.63.